The molecule has 0 fully saturated rings. The Hall–Kier alpha value is -1.73. The van der Waals surface area contributed by atoms with Gasteiger partial charge in [-0.2, -0.15) is 4.98 Å². The molecule has 0 bridgehead atoms. The third-order valence-electron chi connectivity index (χ3n) is 2.26. The quantitative estimate of drug-likeness (QED) is 0.853. The van der Waals surface area contributed by atoms with Crippen LogP contribution in [0.25, 0.3) is 0 Å². The molecule has 2 N–H and O–H groups in total. The van der Waals surface area contributed by atoms with Crippen molar-refractivity contribution in [2.24, 2.45) is 5.73 Å². The normalized spacial score (nSPS) is 11.6. The van der Waals surface area contributed by atoms with Gasteiger partial charge in [0, 0.05) is 0 Å². The largest absolute Gasteiger partial charge is 0.338 e. The first-order valence-electron chi connectivity index (χ1n) is 5.35. The van der Waals surface area contributed by atoms with E-state index in [-0.39, 0.29) is 29.8 Å². The van der Waals surface area contributed by atoms with E-state index in [2.05, 4.69) is 10.1 Å². The number of sulfone groups is 1. The summed E-state index contributed by atoms with van der Waals surface area (Å²) in [5.41, 5.74) is 6.04. The Balaban J connectivity index is 2.08. The summed E-state index contributed by atoms with van der Waals surface area (Å²) < 4.78 is 28.6. The van der Waals surface area contributed by atoms with Crippen LogP contribution in [0.1, 0.15) is 17.3 Å². The zero-order chi connectivity index (χ0) is 13.0. The van der Waals surface area contributed by atoms with Gasteiger partial charge in [-0.1, -0.05) is 35.5 Å². The number of aromatic nitrogens is 2. The number of hydrogen-bond donors (Lipinski definition) is 1. The summed E-state index contributed by atoms with van der Waals surface area (Å²) in [7, 11) is -3.31. The first-order chi connectivity index (χ1) is 8.59. The van der Waals surface area contributed by atoms with Gasteiger partial charge in [-0.3, -0.25) is 0 Å². The predicted molar refractivity (Wildman–Crippen MR) is 65.0 cm³/mol. The van der Waals surface area contributed by atoms with Crippen molar-refractivity contribution in [3.63, 3.8) is 0 Å². The van der Waals surface area contributed by atoms with Crippen LogP contribution in [0.3, 0.4) is 0 Å². The monoisotopic (exact) mass is 267 g/mol. The average Bonchev–Trinajstić information content (AvgIpc) is 2.76. The van der Waals surface area contributed by atoms with Gasteiger partial charge < -0.3 is 10.3 Å². The number of nitrogens with two attached hydrogens (primary N) is 1. The van der Waals surface area contributed by atoms with E-state index in [9.17, 15) is 8.42 Å². The molecule has 96 valence electrons. The second-order valence-corrected chi connectivity index (χ2v) is 5.89. The number of nitrogens with zero attached hydrogens (tertiary/aromatic N) is 2. The lowest BCUT2D eigenvalue weighted by atomic mass is 10.2. The van der Waals surface area contributed by atoms with Gasteiger partial charge in [-0.05, 0) is 5.56 Å². The molecule has 2 aromatic rings. The highest BCUT2D eigenvalue weighted by molar-refractivity contribution is 7.89. The Morgan fingerprint density at radius 2 is 1.89 bits per heavy atom. The molecule has 1 aromatic carbocycles. The van der Waals surface area contributed by atoms with Gasteiger partial charge >= 0.3 is 0 Å². The van der Waals surface area contributed by atoms with E-state index < -0.39 is 9.84 Å². The van der Waals surface area contributed by atoms with Crippen molar-refractivity contribution < 1.29 is 12.9 Å². The van der Waals surface area contributed by atoms with Crippen molar-refractivity contribution in [2.75, 3.05) is 0 Å². The van der Waals surface area contributed by atoms with E-state index in [4.69, 9.17) is 10.3 Å². The third kappa shape index (κ3) is 3.38. The number of benzene rings is 1. The van der Waals surface area contributed by atoms with Gasteiger partial charge in [-0.25, -0.2) is 8.42 Å². The number of rotatable bonds is 5. The second kappa shape index (κ2) is 5.28. The molecule has 0 saturated carbocycles. The van der Waals surface area contributed by atoms with Gasteiger partial charge in [0.1, 0.15) is 5.75 Å². The average molecular weight is 267 g/mol. The molecule has 0 aliphatic rings. The summed E-state index contributed by atoms with van der Waals surface area (Å²) in [6.45, 7) is 0.103. The zero-order valence-corrected chi connectivity index (χ0v) is 10.4. The van der Waals surface area contributed by atoms with E-state index in [1.54, 1.807) is 24.3 Å². The fourth-order valence-corrected chi connectivity index (χ4v) is 2.82. The topological polar surface area (TPSA) is 99.1 Å². The summed E-state index contributed by atoms with van der Waals surface area (Å²) in [5.74, 6) is 0.0948. The molecule has 1 heterocycles. The molecule has 0 aliphatic heterocycles. The highest BCUT2D eigenvalue weighted by Crippen LogP contribution is 2.10. The summed E-state index contributed by atoms with van der Waals surface area (Å²) in [6, 6.07) is 8.96. The maximum Gasteiger partial charge on any atom is 0.240 e. The Kier molecular flexibility index (Phi) is 3.73. The second-order valence-electron chi connectivity index (χ2n) is 3.83. The summed E-state index contributed by atoms with van der Waals surface area (Å²) in [4.78, 5) is 3.87. The lowest BCUT2D eigenvalue weighted by Crippen LogP contribution is -2.09. The molecule has 0 radical (unpaired) electrons. The van der Waals surface area contributed by atoms with Crippen LogP contribution < -0.4 is 5.73 Å². The maximum atomic E-state index is 11.9. The van der Waals surface area contributed by atoms with Crippen molar-refractivity contribution in [3.8, 4) is 0 Å². The van der Waals surface area contributed by atoms with Crippen LogP contribution in [0, 0.1) is 0 Å². The van der Waals surface area contributed by atoms with Gasteiger partial charge in [0.15, 0.2) is 15.7 Å². The van der Waals surface area contributed by atoms with Crippen LogP contribution in [0.4, 0.5) is 0 Å². The van der Waals surface area contributed by atoms with Crippen molar-refractivity contribution in [2.45, 2.75) is 18.1 Å². The molecule has 0 spiro atoms. The molecule has 0 unspecified atom stereocenters. The van der Waals surface area contributed by atoms with Crippen LogP contribution in [-0.4, -0.2) is 18.6 Å². The lowest BCUT2D eigenvalue weighted by molar-refractivity contribution is 0.376. The minimum Gasteiger partial charge on any atom is -0.338 e. The van der Waals surface area contributed by atoms with Gasteiger partial charge in [0.25, 0.3) is 0 Å². The van der Waals surface area contributed by atoms with E-state index in [1.807, 2.05) is 6.07 Å². The van der Waals surface area contributed by atoms with E-state index >= 15 is 0 Å². The molecule has 0 saturated heterocycles. The molecule has 6 nitrogen and oxygen atoms in total. The van der Waals surface area contributed by atoms with Gasteiger partial charge in [-0.15, -0.1) is 0 Å². The van der Waals surface area contributed by atoms with E-state index in [0.717, 1.165) is 5.56 Å². The fraction of sp³-hybridized carbons (Fsp3) is 0.273. The first-order valence-corrected chi connectivity index (χ1v) is 7.17. The Labute approximate surface area is 105 Å². The Bertz CT molecular complexity index is 607. The molecule has 0 aliphatic carbocycles. The van der Waals surface area contributed by atoms with E-state index in [0.29, 0.717) is 0 Å². The lowest BCUT2D eigenvalue weighted by Gasteiger charge is -2.01. The minimum absolute atomic E-state index is 0.0413. The fourth-order valence-electron chi connectivity index (χ4n) is 1.51. The van der Waals surface area contributed by atoms with Crippen molar-refractivity contribution >= 4 is 9.84 Å². The molecule has 1 aromatic heterocycles. The highest BCUT2D eigenvalue weighted by atomic mass is 32.2. The van der Waals surface area contributed by atoms with Crippen molar-refractivity contribution in [1.29, 1.82) is 0 Å². The van der Waals surface area contributed by atoms with Crippen molar-refractivity contribution in [1.82, 2.24) is 10.1 Å². The Morgan fingerprint density at radius 1 is 1.17 bits per heavy atom. The SMILES string of the molecule is NCc1nc(CS(=O)(=O)Cc2ccccc2)no1. The zero-order valence-electron chi connectivity index (χ0n) is 9.61. The molecule has 0 amide bonds. The summed E-state index contributed by atoms with van der Waals surface area (Å²) in [5, 5.41) is 3.57. The molecule has 18 heavy (non-hydrogen) atoms. The van der Waals surface area contributed by atoms with Gasteiger partial charge in [0.05, 0.1) is 12.3 Å². The molecule has 0 atom stereocenters. The molecule has 7 heteroatoms. The number of hydrogen-bond acceptors (Lipinski definition) is 6. The van der Waals surface area contributed by atoms with E-state index in [1.165, 1.54) is 0 Å². The van der Waals surface area contributed by atoms with Crippen LogP contribution in [0.5, 0.6) is 0 Å². The molecule has 2 rings (SSSR count). The summed E-state index contributed by atoms with van der Waals surface area (Å²) >= 11 is 0. The van der Waals surface area contributed by atoms with Crippen LogP contribution in [0.2, 0.25) is 0 Å². The third-order valence-corrected chi connectivity index (χ3v) is 3.73. The van der Waals surface area contributed by atoms with Gasteiger partial charge in [0.2, 0.25) is 5.89 Å². The minimum atomic E-state index is -3.31. The summed E-state index contributed by atoms with van der Waals surface area (Å²) in [6.07, 6.45) is 0. The first kappa shape index (κ1) is 12.7. The standard InChI is InChI=1S/C11H13N3O3S/c12-6-11-13-10(14-17-11)8-18(15,16)7-9-4-2-1-3-5-9/h1-5H,6-8,12H2. The van der Waals surface area contributed by atoms with Crippen LogP contribution >= 0.6 is 0 Å². The van der Waals surface area contributed by atoms with Crippen LogP contribution in [-0.2, 0) is 27.9 Å². The molecular formula is C11H13N3O3S. The molecular weight excluding hydrogens is 254 g/mol. The maximum absolute atomic E-state index is 11.9. The predicted octanol–water partition coefficient (Wildman–Crippen LogP) is 0.643. The smallest absolute Gasteiger partial charge is 0.240 e. The van der Waals surface area contributed by atoms with Crippen LogP contribution in [0.15, 0.2) is 34.9 Å². The van der Waals surface area contributed by atoms with Crippen molar-refractivity contribution in [3.05, 3.63) is 47.6 Å². The highest BCUT2D eigenvalue weighted by Gasteiger charge is 2.17. The Morgan fingerprint density at radius 3 is 2.50 bits per heavy atom.